The summed E-state index contributed by atoms with van der Waals surface area (Å²) < 4.78 is 1.93. The van der Waals surface area contributed by atoms with Crippen LogP contribution < -0.4 is 5.32 Å². The zero-order chi connectivity index (χ0) is 17.2. The van der Waals surface area contributed by atoms with Crippen molar-refractivity contribution in [2.75, 3.05) is 0 Å². The third-order valence-electron chi connectivity index (χ3n) is 4.03. The second kappa shape index (κ2) is 6.20. The first-order valence-corrected chi connectivity index (χ1v) is 7.88. The second-order valence-corrected chi connectivity index (χ2v) is 5.65. The lowest BCUT2D eigenvalue weighted by atomic mass is 10.2. The van der Waals surface area contributed by atoms with Gasteiger partial charge in [-0.15, -0.1) is 0 Å². The first-order chi connectivity index (χ1) is 12.2. The number of rotatable bonds is 4. The van der Waals surface area contributed by atoms with E-state index in [0.29, 0.717) is 12.2 Å². The predicted molar refractivity (Wildman–Crippen MR) is 93.4 cm³/mol. The molecule has 2 N–H and O–H groups in total. The highest BCUT2D eigenvalue weighted by atomic mass is 16.1. The number of benzene rings is 1. The van der Waals surface area contributed by atoms with E-state index in [1.807, 2.05) is 47.9 Å². The zero-order valence-corrected chi connectivity index (χ0v) is 13.6. The maximum Gasteiger partial charge on any atom is 0.272 e. The van der Waals surface area contributed by atoms with Gasteiger partial charge in [0.1, 0.15) is 17.8 Å². The molecule has 0 aliphatic rings. The number of nitrogens with zero attached hydrogens (tertiary/aromatic N) is 4. The zero-order valence-electron chi connectivity index (χ0n) is 13.6. The average Bonchev–Trinajstić information content (AvgIpc) is 3.26. The van der Waals surface area contributed by atoms with Crippen LogP contribution in [0.3, 0.4) is 0 Å². The van der Waals surface area contributed by atoms with E-state index >= 15 is 0 Å². The molecule has 0 bridgehead atoms. The Morgan fingerprint density at radius 3 is 2.88 bits per heavy atom. The summed E-state index contributed by atoms with van der Waals surface area (Å²) in [7, 11) is 0. The fourth-order valence-electron chi connectivity index (χ4n) is 2.76. The number of para-hydroxylation sites is 2. The number of nitrogens with one attached hydrogen (secondary N) is 2. The van der Waals surface area contributed by atoms with E-state index in [0.717, 1.165) is 28.1 Å². The quantitative estimate of drug-likeness (QED) is 0.600. The minimum absolute atomic E-state index is 0.218. The average molecular weight is 332 g/mol. The lowest BCUT2D eigenvalue weighted by Crippen LogP contribution is -2.24. The number of imidazole rings is 2. The Morgan fingerprint density at radius 2 is 2.04 bits per heavy atom. The molecular formula is C18H16N6O. The molecule has 0 spiro atoms. The topological polar surface area (TPSA) is 88.5 Å². The SMILES string of the molecule is Cc1[nH]cnc1C(=O)NCc1cccnc1-n1cnc2ccccc21. The molecule has 1 aromatic carbocycles. The molecule has 0 atom stereocenters. The van der Waals surface area contributed by atoms with Gasteiger partial charge in [0.15, 0.2) is 0 Å². The molecule has 0 radical (unpaired) electrons. The lowest BCUT2D eigenvalue weighted by molar-refractivity contribution is 0.0946. The third-order valence-corrected chi connectivity index (χ3v) is 4.03. The monoisotopic (exact) mass is 332 g/mol. The van der Waals surface area contributed by atoms with E-state index in [4.69, 9.17) is 0 Å². The van der Waals surface area contributed by atoms with Crippen LogP contribution >= 0.6 is 0 Å². The van der Waals surface area contributed by atoms with Crippen molar-refractivity contribution in [1.82, 2.24) is 29.8 Å². The number of H-pyrrole nitrogens is 1. The van der Waals surface area contributed by atoms with Crippen LogP contribution in [0, 0.1) is 6.92 Å². The number of fused-ring (bicyclic) bond motifs is 1. The van der Waals surface area contributed by atoms with Gasteiger partial charge in [0.05, 0.1) is 17.4 Å². The van der Waals surface area contributed by atoms with Gasteiger partial charge < -0.3 is 10.3 Å². The normalized spacial score (nSPS) is 10.9. The molecule has 25 heavy (non-hydrogen) atoms. The molecule has 0 saturated heterocycles. The summed E-state index contributed by atoms with van der Waals surface area (Å²) in [5.41, 5.74) is 3.91. The van der Waals surface area contributed by atoms with Crippen molar-refractivity contribution in [2.45, 2.75) is 13.5 Å². The second-order valence-electron chi connectivity index (χ2n) is 5.65. The molecule has 3 heterocycles. The minimum atomic E-state index is -0.218. The molecule has 124 valence electrons. The standard InChI is InChI=1S/C18H16N6O/c1-12-16(22-10-21-12)18(25)20-9-13-5-4-8-19-17(13)24-11-23-14-6-2-3-7-15(14)24/h2-8,10-11H,9H2,1H3,(H,20,25)(H,21,22). The molecule has 0 fully saturated rings. The molecule has 7 nitrogen and oxygen atoms in total. The van der Waals surface area contributed by atoms with E-state index < -0.39 is 0 Å². The summed E-state index contributed by atoms with van der Waals surface area (Å²) in [6.45, 7) is 2.16. The number of aromatic nitrogens is 5. The fraction of sp³-hybridized carbons (Fsp3) is 0.111. The van der Waals surface area contributed by atoms with Crippen LogP contribution in [0.25, 0.3) is 16.9 Å². The number of hydrogen-bond acceptors (Lipinski definition) is 4. The van der Waals surface area contributed by atoms with Crippen LogP contribution in [-0.4, -0.2) is 30.4 Å². The molecule has 0 aliphatic carbocycles. The molecule has 4 aromatic rings. The van der Waals surface area contributed by atoms with Gasteiger partial charge in [0.25, 0.3) is 5.91 Å². The van der Waals surface area contributed by atoms with E-state index in [1.165, 1.54) is 6.33 Å². The summed E-state index contributed by atoms with van der Waals surface area (Å²) in [5, 5.41) is 2.90. The third kappa shape index (κ3) is 2.76. The largest absolute Gasteiger partial charge is 0.348 e. The molecular weight excluding hydrogens is 316 g/mol. The number of aryl methyl sites for hydroxylation is 1. The van der Waals surface area contributed by atoms with Crippen LogP contribution in [0.2, 0.25) is 0 Å². The van der Waals surface area contributed by atoms with Gasteiger partial charge in [-0.3, -0.25) is 9.36 Å². The number of aromatic amines is 1. The van der Waals surface area contributed by atoms with E-state index in [9.17, 15) is 4.79 Å². The number of carbonyl (C=O) groups is 1. The maximum absolute atomic E-state index is 12.3. The van der Waals surface area contributed by atoms with Gasteiger partial charge in [-0.25, -0.2) is 15.0 Å². The predicted octanol–water partition coefficient (Wildman–Crippen LogP) is 2.38. The number of pyridine rings is 1. The van der Waals surface area contributed by atoms with Crippen molar-refractivity contribution >= 4 is 16.9 Å². The van der Waals surface area contributed by atoms with E-state index in [1.54, 1.807) is 12.5 Å². The van der Waals surface area contributed by atoms with Crippen LogP contribution in [0.4, 0.5) is 0 Å². The summed E-state index contributed by atoms with van der Waals surface area (Å²) >= 11 is 0. The van der Waals surface area contributed by atoms with Crippen molar-refractivity contribution in [3.05, 3.63) is 72.2 Å². The van der Waals surface area contributed by atoms with Crippen LogP contribution in [0.5, 0.6) is 0 Å². The lowest BCUT2D eigenvalue weighted by Gasteiger charge is -2.11. The molecule has 3 aromatic heterocycles. The van der Waals surface area contributed by atoms with E-state index in [2.05, 4.69) is 25.3 Å². The summed E-state index contributed by atoms with van der Waals surface area (Å²) in [5.74, 6) is 0.527. The molecule has 0 unspecified atom stereocenters. The van der Waals surface area contributed by atoms with Crippen molar-refractivity contribution in [3.63, 3.8) is 0 Å². The summed E-state index contributed by atoms with van der Waals surface area (Å²) in [4.78, 5) is 28.1. The Balaban J connectivity index is 1.64. The van der Waals surface area contributed by atoms with Crippen LogP contribution in [0.15, 0.2) is 55.2 Å². The van der Waals surface area contributed by atoms with Gasteiger partial charge in [-0.1, -0.05) is 18.2 Å². The highest BCUT2D eigenvalue weighted by Crippen LogP contribution is 2.19. The van der Waals surface area contributed by atoms with Crippen molar-refractivity contribution in [1.29, 1.82) is 0 Å². The highest BCUT2D eigenvalue weighted by Gasteiger charge is 2.14. The Hall–Kier alpha value is -3.48. The van der Waals surface area contributed by atoms with Crippen molar-refractivity contribution in [2.24, 2.45) is 0 Å². The number of hydrogen-bond donors (Lipinski definition) is 2. The van der Waals surface area contributed by atoms with Gasteiger partial charge in [0, 0.05) is 24.0 Å². The summed E-state index contributed by atoms with van der Waals surface area (Å²) in [6, 6.07) is 11.7. The van der Waals surface area contributed by atoms with Crippen molar-refractivity contribution < 1.29 is 4.79 Å². The Bertz CT molecular complexity index is 1050. The Labute approximate surface area is 143 Å². The fourth-order valence-corrected chi connectivity index (χ4v) is 2.76. The van der Waals surface area contributed by atoms with Gasteiger partial charge in [0.2, 0.25) is 0 Å². The van der Waals surface area contributed by atoms with Gasteiger partial charge >= 0.3 is 0 Å². The van der Waals surface area contributed by atoms with Gasteiger partial charge in [-0.2, -0.15) is 0 Å². The summed E-state index contributed by atoms with van der Waals surface area (Å²) in [6.07, 6.45) is 4.99. The minimum Gasteiger partial charge on any atom is -0.348 e. The molecule has 1 amide bonds. The van der Waals surface area contributed by atoms with Crippen LogP contribution in [-0.2, 0) is 6.54 Å². The molecule has 0 aliphatic heterocycles. The maximum atomic E-state index is 12.3. The molecule has 4 rings (SSSR count). The Kier molecular flexibility index (Phi) is 3.74. The number of amides is 1. The smallest absolute Gasteiger partial charge is 0.272 e. The molecule has 0 saturated carbocycles. The van der Waals surface area contributed by atoms with Crippen molar-refractivity contribution in [3.8, 4) is 5.82 Å². The van der Waals surface area contributed by atoms with Gasteiger partial charge in [-0.05, 0) is 25.1 Å². The first-order valence-electron chi connectivity index (χ1n) is 7.88. The number of carbonyl (C=O) groups excluding carboxylic acids is 1. The molecule has 7 heteroatoms. The first kappa shape index (κ1) is 15.1. The van der Waals surface area contributed by atoms with Crippen LogP contribution in [0.1, 0.15) is 21.7 Å². The van der Waals surface area contributed by atoms with E-state index in [-0.39, 0.29) is 5.91 Å². The highest BCUT2D eigenvalue weighted by molar-refractivity contribution is 5.93. The Morgan fingerprint density at radius 1 is 1.16 bits per heavy atom.